The van der Waals surface area contributed by atoms with Gasteiger partial charge >= 0.3 is 0 Å². The minimum absolute atomic E-state index is 0.738. The summed E-state index contributed by atoms with van der Waals surface area (Å²) in [7, 11) is 2.20. The first kappa shape index (κ1) is 23.4. The normalized spacial score (nSPS) is 14.7. The van der Waals surface area contributed by atoms with Crippen LogP contribution in [-0.4, -0.2) is 45.2 Å². The van der Waals surface area contributed by atoms with Gasteiger partial charge in [0, 0.05) is 23.7 Å². The van der Waals surface area contributed by atoms with Gasteiger partial charge in [-0.3, -0.25) is 15.1 Å². The molecule has 0 radical (unpaired) electrons. The summed E-state index contributed by atoms with van der Waals surface area (Å²) in [5, 5.41) is 10.5. The summed E-state index contributed by atoms with van der Waals surface area (Å²) in [4.78, 5) is 11.2. The molecular formula is C26H34N6. The molecule has 1 saturated heterocycles. The Morgan fingerprint density at radius 1 is 1.16 bits per heavy atom. The maximum absolute atomic E-state index is 4.66. The predicted molar refractivity (Wildman–Crippen MR) is 134 cm³/mol. The predicted octanol–water partition coefficient (Wildman–Crippen LogP) is 5.36. The summed E-state index contributed by atoms with van der Waals surface area (Å²) in [6.45, 7) is 10.5. The third kappa shape index (κ3) is 6.62. The molecule has 168 valence electrons. The van der Waals surface area contributed by atoms with E-state index < -0.39 is 0 Å². The van der Waals surface area contributed by atoms with Crippen LogP contribution in [0.3, 0.4) is 0 Å². The van der Waals surface area contributed by atoms with Crippen LogP contribution in [0.25, 0.3) is 17.8 Å². The molecule has 0 spiro atoms. The lowest BCUT2D eigenvalue weighted by atomic mass is 9.92. The summed E-state index contributed by atoms with van der Waals surface area (Å²) in [6.07, 6.45) is 14.8. The summed E-state index contributed by atoms with van der Waals surface area (Å²) < 4.78 is 0. The number of nitrogens with zero attached hydrogens (tertiary/aromatic N) is 4. The number of anilines is 1. The first-order valence-corrected chi connectivity index (χ1v) is 11.4. The minimum Gasteiger partial charge on any atom is -0.353 e. The minimum atomic E-state index is 0.738. The van der Waals surface area contributed by atoms with Crippen molar-refractivity contribution in [1.82, 2.24) is 25.1 Å². The fourth-order valence-corrected chi connectivity index (χ4v) is 3.74. The average molecular weight is 431 g/mol. The van der Waals surface area contributed by atoms with Crippen molar-refractivity contribution in [2.75, 3.05) is 25.5 Å². The zero-order valence-electron chi connectivity index (χ0n) is 19.4. The lowest BCUT2D eigenvalue weighted by molar-refractivity contribution is 0.218. The second kappa shape index (κ2) is 12.0. The summed E-state index contributed by atoms with van der Waals surface area (Å²) in [5.74, 6) is 0.738. The van der Waals surface area contributed by atoms with Gasteiger partial charge in [0.05, 0.1) is 29.5 Å². The van der Waals surface area contributed by atoms with Crippen LogP contribution in [0.1, 0.15) is 49.2 Å². The molecule has 1 aliphatic heterocycles. The van der Waals surface area contributed by atoms with Gasteiger partial charge in [-0.2, -0.15) is 5.10 Å². The van der Waals surface area contributed by atoms with Crippen LogP contribution in [0.4, 0.5) is 5.69 Å². The van der Waals surface area contributed by atoms with E-state index in [0.29, 0.717) is 0 Å². The van der Waals surface area contributed by atoms with Gasteiger partial charge in [-0.05, 0) is 69.1 Å². The zero-order valence-corrected chi connectivity index (χ0v) is 19.4. The number of pyridine rings is 2. The third-order valence-corrected chi connectivity index (χ3v) is 5.57. The number of rotatable bonds is 7. The fourth-order valence-electron chi connectivity index (χ4n) is 3.74. The van der Waals surface area contributed by atoms with E-state index in [4.69, 9.17) is 0 Å². The Balaban J connectivity index is 0.00000141. The van der Waals surface area contributed by atoms with Gasteiger partial charge in [0.25, 0.3) is 0 Å². The van der Waals surface area contributed by atoms with Crippen LogP contribution in [0.2, 0.25) is 0 Å². The highest BCUT2D eigenvalue weighted by molar-refractivity contribution is 5.81. The van der Waals surface area contributed by atoms with E-state index >= 15 is 0 Å². The van der Waals surface area contributed by atoms with E-state index in [-0.39, 0.29) is 0 Å². The highest BCUT2D eigenvalue weighted by atomic mass is 15.1. The quantitative estimate of drug-likeness (QED) is 0.528. The molecule has 4 rings (SSSR count). The van der Waals surface area contributed by atoms with Crippen LogP contribution in [-0.2, 0) is 6.42 Å². The van der Waals surface area contributed by atoms with Gasteiger partial charge in [0.1, 0.15) is 0 Å². The van der Waals surface area contributed by atoms with Crippen LogP contribution < -0.4 is 5.32 Å². The molecule has 0 bridgehead atoms. The molecule has 0 atom stereocenters. The van der Waals surface area contributed by atoms with Crippen LogP contribution in [0, 0.1) is 5.92 Å². The van der Waals surface area contributed by atoms with Crippen LogP contribution >= 0.6 is 0 Å². The standard InChI is InChI=1S/C24H28N6.C2H6/c1-18(24-21(16-27-29-24)6-5-20-4-3-11-25-15-20)28-23-8-7-22(26-17-23)14-19-9-12-30(2)13-10-19;1-2/h3-8,11,15-17,19,28H,1,9-10,12-14H2,2H3,(H,27,29);1-2H3/b6-5+;. The fraction of sp³-hybridized carbons (Fsp3) is 0.346. The van der Waals surface area contributed by atoms with E-state index in [9.17, 15) is 0 Å². The number of aromatic nitrogens is 4. The topological polar surface area (TPSA) is 69.7 Å². The van der Waals surface area contributed by atoms with Crippen molar-refractivity contribution in [2.45, 2.75) is 33.1 Å². The Hall–Kier alpha value is -3.25. The number of nitrogens with one attached hydrogen (secondary N) is 2. The molecule has 6 heteroatoms. The monoisotopic (exact) mass is 430 g/mol. The number of aromatic amines is 1. The second-order valence-corrected chi connectivity index (χ2v) is 7.91. The average Bonchev–Trinajstić information content (AvgIpc) is 3.31. The Morgan fingerprint density at radius 2 is 1.97 bits per heavy atom. The molecule has 1 fully saturated rings. The van der Waals surface area contributed by atoms with Crippen molar-refractivity contribution >= 4 is 23.5 Å². The van der Waals surface area contributed by atoms with Gasteiger partial charge in [0.15, 0.2) is 0 Å². The molecule has 4 heterocycles. The number of piperidine rings is 1. The number of hydrogen-bond acceptors (Lipinski definition) is 5. The van der Waals surface area contributed by atoms with Crippen molar-refractivity contribution < 1.29 is 0 Å². The molecule has 0 amide bonds. The molecule has 0 aliphatic carbocycles. The van der Waals surface area contributed by atoms with Crippen molar-refractivity contribution in [3.63, 3.8) is 0 Å². The highest BCUT2D eigenvalue weighted by Crippen LogP contribution is 2.22. The summed E-state index contributed by atoms with van der Waals surface area (Å²) in [5.41, 5.74) is 5.68. The molecular weight excluding hydrogens is 396 g/mol. The third-order valence-electron chi connectivity index (χ3n) is 5.57. The van der Waals surface area contributed by atoms with Crippen molar-refractivity contribution in [2.24, 2.45) is 5.92 Å². The lowest BCUT2D eigenvalue weighted by Crippen LogP contribution is -2.31. The molecule has 0 saturated carbocycles. The van der Waals surface area contributed by atoms with Crippen LogP contribution in [0.15, 0.2) is 55.6 Å². The van der Waals surface area contributed by atoms with Gasteiger partial charge in [0.2, 0.25) is 0 Å². The molecule has 32 heavy (non-hydrogen) atoms. The molecule has 0 unspecified atom stereocenters. The van der Waals surface area contributed by atoms with Gasteiger partial charge < -0.3 is 10.2 Å². The largest absolute Gasteiger partial charge is 0.353 e. The second-order valence-electron chi connectivity index (χ2n) is 7.91. The molecule has 6 nitrogen and oxygen atoms in total. The maximum Gasteiger partial charge on any atom is 0.0878 e. The molecule has 0 aromatic carbocycles. The summed E-state index contributed by atoms with van der Waals surface area (Å²) >= 11 is 0. The van der Waals surface area contributed by atoms with Gasteiger partial charge in [-0.15, -0.1) is 0 Å². The Morgan fingerprint density at radius 3 is 2.66 bits per heavy atom. The zero-order chi connectivity index (χ0) is 22.8. The summed E-state index contributed by atoms with van der Waals surface area (Å²) in [6, 6.07) is 8.11. The van der Waals surface area contributed by atoms with E-state index in [1.165, 1.54) is 25.9 Å². The Labute approximate surface area is 191 Å². The number of hydrogen-bond donors (Lipinski definition) is 2. The Kier molecular flexibility index (Phi) is 8.75. The lowest BCUT2D eigenvalue weighted by Gasteiger charge is -2.28. The number of H-pyrrole nitrogens is 1. The van der Waals surface area contributed by atoms with Crippen LogP contribution in [0.5, 0.6) is 0 Å². The van der Waals surface area contributed by atoms with E-state index in [1.807, 2.05) is 50.5 Å². The molecule has 1 aliphatic rings. The number of likely N-dealkylation sites (tertiary alicyclic amines) is 1. The Bertz CT molecular complexity index is 983. The van der Waals surface area contributed by atoms with E-state index in [2.05, 4.69) is 56.1 Å². The van der Waals surface area contributed by atoms with E-state index in [0.717, 1.165) is 46.2 Å². The SMILES string of the molecule is C=C(Nc1ccc(CC2CCN(C)CC2)nc1)c1[nH]ncc1/C=C/c1cccnc1.CC. The molecule has 3 aromatic heterocycles. The maximum atomic E-state index is 4.66. The van der Waals surface area contributed by atoms with Crippen molar-refractivity contribution in [1.29, 1.82) is 0 Å². The van der Waals surface area contributed by atoms with Crippen molar-refractivity contribution in [3.8, 4) is 0 Å². The van der Waals surface area contributed by atoms with Crippen molar-refractivity contribution in [3.05, 3.63) is 78.1 Å². The first-order chi connectivity index (χ1) is 15.7. The molecule has 2 N–H and O–H groups in total. The van der Waals surface area contributed by atoms with Gasteiger partial charge in [-0.1, -0.05) is 38.6 Å². The first-order valence-electron chi connectivity index (χ1n) is 11.4. The van der Waals surface area contributed by atoms with E-state index in [1.54, 1.807) is 12.4 Å². The van der Waals surface area contributed by atoms with Gasteiger partial charge in [-0.25, -0.2) is 0 Å². The smallest absolute Gasteiger partial charge is 0.0878 e. The molecule has 3 aromatic rings. The highest BCUT2D eigenvalue weighted by Gasteiger charge is 2.17.